The molecule has 0 radical (unpaired) electrons. The number of benzene rings is 1. The van der Waals surface area contributed by atoms with E-state index in [2.05, 4.69) is 54.1 Å². The molecule has 0 fully saturated rings. The van der Waals surface area contributed by atoms with Crippen LogP contribution in [0.4, 0.5) is 0 Å². The number of aryl methyl sites for hydroxylation is 1. The summed E-state index contributed by atoms with van der Waals surface area (Å²) in [5.41, 5.74) is 2.68. The van der Waals surface area contributed by atoms with Crippen LogP contribution in [0.1, 0.15) is 32.9 Å². The van der Waals surface area contributed by atoms with E-state index in [1.165, 1.54) is 16.6 Å². The lowest BCUT2D eigenvalue weighted by Gasteiger charge is -2.13. The fourth-order valence-electron chi connectivity index (χ4n) is 2.46. The van der Waals surface area contributed by atoms with Crippen LogP contribution < -0.4 is 5.32 Å². The Morgan fingerprint density at radius 2 is 2.05 bits per heavy atom. The van der Waals surface area contributed by atoms with E-state index >= 15 is 0 Å². The van der Waals surface area contributed by atoms with Crippen molar-refractivity contribution in [3.05, 3.63) is 36.0 Å². The van der Waals surface area contributed by atoms with Gasteiger partial charge in [0.2, 0.25) is 0 Å². The van der Waals surface area contributed by atoms with Crippen molar-refractivity contribution in [1.29, 1.82) is 0 Å². The molecule has 3 nitrogen and oxygen atoms in total. The smallest absolute Gasteiger partial charge is 0.0482 e. The second-order valence-electron chi connectivity index (χ2n) is 5.43. The molecule has 0 unspecified atom stereocenters. The average Bonchev–Trinajstić information content (AvgIpc) is 2.79. The number of nitrogens with zero attached hydrogens (tertiary/aromatic N) is 1. The number of nitrogens with one attached hydrogen (secondary N) is 1. The highest BCUT2D eigenvalue weighted by molar-refractivity contribution is 5.81. The maximum atomic E-state index is 5.45. The van der Waals surface area contributed by atoms with Gasteiger partial charge in [-0.2, -0.15) is 0 Å². The van der Waals surface area contributed by atoms with Crippen molar-refractivity contribution >= 4 is 10.9 Å². The van der Waals surface area contributed by atoms with Gasteiger partial charge in [-0.3, -0.25) is 0 Å². The summed E-state index contributed by atoms with van der Waals surface area (Å²) < 4.78 is 7.87. The van der Waals surface area contributed by atoms with Crippen molar-refractivity contribution in [3.8, 4) is 0 Å². The summed E-state index contributed by atoms with van der Waals surface area (Å²) in [6.45, 7) is 9.98. The van der Waals surface area contributed by atoms with Crippen LogP contribution in [-0.4, -0.2) is 23.8 Å². The molecular formula is C17H26N2O. The predicted octanol–water partition coefficient (Wildman–Crippen LogP) is 3.57. The van der Waals surface area contributed by atoms with Crippen LogP contribution in [0, 0.1) is 0 Å². The molecule has 3 heteroatoms. The highest BCUT2D eigenvalue weighted by atomic mass is 16.5. The topological polar surface area (TPSA) is 26.2 Å². The van der Waals surface area contributed by atoms with E-state index < -0.39 is 0 Å². The van der Waals surface area contributed by atoms with Gasteiger partial charge in [-0.1, -0.05) is 32.0 Å². The van der Waals surface area contributed by atoms with Gasteiger partial charge in [0.1, 0.15) is 0 Å². The Bertz CT molecular complexity index is 531. The Balaban J connectivity index is 2.16. The van der Waals surface area contributed by atoms with Crippen molar-refractivity contribution < 1.29 is 4.74 Å². The van der Waals surface area contributed by atoms with E-state index in [0.29, 0.717) is 6.04 Å². The fourth-order valence-corrected chi connectivity index (χ4v) is 2.46. The quantitative estimate of drug-likeness (QED) is 0.745. The highest BCUT2D eigenvalue weighted by Gasteiger charge is 2.08. The van der Waals surface area contributed by atoms with Gasteiger partial charge >= 0.3 is 0 Å². The normalized spacial score (nSPS) is 11.6. The molecule has 110 valence electrons. The molecule has 0 bridgehead atoms. The lowest BCUT2D eigenvalue weighted by Crippen LogP contribution is -2.23. The number of fused-ring (bicyclic) bond motifs is 1. The van der Waals surface area contributed by atoms with Gasteiger partial charge in [-0.05, 0) is 30.9 Å². The average molecular weight is 274 g/mol. The maximum absolute atomic E-state index is 5.45. The Morgan fingerprint density at radius 1 is 1.25 bits per heavy atom. The Hall–Kier alpha value is -1.32. The monoisotopic (exact) mass is 274 g/mol. The van der Waals surface area contributed by atoms with Crippen LogP contribution in [-0.2, 0) is 17.8 Å². The SMILES string of the molecule is CCOCCCn1c(CNC(C)C)cc2ccccc21. The van der Waals surface area contributed by atoms with Crippen LogP contribution in [0.5, 0.6) is 0 Å². The first kappa shape index (κ1) is 15.1. The van der Waals surface area contributed by atoms with Crippen molar-refractivity contribution in [2.75, 3.05) is 13.2 Å². The summed E-state index contributed by atoms with van der Waals surface area (Å²) in [5, 5.41) is 4.84. The summed E-state index contributed by atoms with van der Waals surface area (Å²) >= 11 is 0. The highest BCUT2D eigenvalue weighted by Crippen LogP contribution is 2.20. The third-order valence-electron chi connectivity index (χ3n) is 3.46. The minimum Gasteiger partial charge on any atom is -0.382 e. The van der Waals surface area contributed by atoms with Gasteiger partial charge in [0.05, 0.1) is 0 Å². The van der Waals surface area contributed by atoms with E-state index in [1.807, 2.05) is 6.92 Å². The van der Waals surface area contributed by atoms with Crippen LogP contribution in [0.25, 0.3) is 10.9 Å². The minimum absolute atomic E-state index is 0.505. The zero-order chi connectivity index (χ0) is 14.4. The number of ether oxygens (including phenoxy) is 1. The number of rotatable bonds is 8. The molecule has 2 rings (SSSR count). The minimum atomic E-state index is 0.505. The molecule has 0 saturated heterocycles. The zero-order valence-electron chi connectivity index (χ0n) is 12.9. The summed E-state index contributed by atoms with van der Waals surface area (Å²) in [5.74, 6) is 0. The summed E-state index contributed by atoms with van der Waals surface area (Å²) in [6.07, 6.45) is 1.06. The van der Waals surface area contributed by atoms with Crippen LogP contribution in [0.15, 0.2) is 30.3 Å². The lowest BCUT2D eigenvalue weighted by molar-refractivity contribution is 0.141. The van der Waals surface area contributed by atoms with E-state index in [0.717, 1.165) is 32.7 Å². The third kappa shape index (κ3) is 3.84. The Morgan fingerprint density at radius 3 is 2.80 bits per heavy atom. The molecule has 1 aromatic heterocycles. The molecule has 1 N–H and O–H groups in total. The van der Waals surface area contributed by atoms with Gasteiger partial charge in [-0.25, -0.2) is 0 Å². The number of para-hydroxylation sites is 1. The Kier molecular flexibility index (Phi) is 5.62. The molecule has 2 aromatic rings. The van der Waals surface area contributed by atoms with E-state index in [-0.39, 0.29) is 0 Å². The number of hydrogen-bond acceptors (Lipinski definition) is 2. The van der Waals surface area contributed by atoms with Gasteiger partial charge < -0.3 is 14.6 Å². The first-order valence-electron chi connectivity index (χ1n) is 7.60. The van der Waals surface area contributed by atoms with Crippen molar-refractivity contribution in [3.63, 3.8) is 0 Å². The van der Waals surface area contributed by atoms with Gasteiger partial charge in [0, 0.05) is 43.6 Å². The Labute approximate surface area is 121 Å². The van der Waals surface area contributed by atoms with E-state index in [1.54, 1.807) is 0 Å². The first-order chi connectivity index (χ1) is 9.72. The molecule has 0 atom stereocenters. The maximum Gasteiger partial charge on any atom is 0.0482 e. The van der Waals surface area contributed by atoms with Gasteiger partial charge in [0.25, 0.3) is 0 Å². The number of hydrogen-bond donors (Lipinski definition) is 1. The van der Waals surface area contributed by atoms with E-state index in [4.69, 9.17) is 4.74 Å². The zero-order valence-corrected chi connectivity index (χ0v) is 12.9. The molecule has 0 aliphatic rings. The summed E-state index contributed by atoms with van der Waals surface area (Å²) in [7, 11) is 0. The molecule has 1 heterocycles. The van der Waals surface area contributed by atoms with Crippen LogP contribution in [0.2, 0.25) is 0 Å². The molecule has 20 heavy (non-hydrogen) atoms. The molecule has 1 aromatic carbocycles. The fraction of sp³-hybridized carbons (Fsp3) is 0.529. The van der Waals surface area contributed by atoms with E-state index in [9.17, 15) is 0 Å². The first-order valence-corrected chi connectivity index (χ1v) is 7.60. The molecule has 0 aliphatic carbocycles. The molecule has 0 saturated carbocycles. The van der Waals surface area contributed by atoms with Gasteiger partial charge in [0.15, 0.2) is 0 Å². The standard InChI is InChI=1S/C17H26N2O/c1-4-20-11-7-10-19-16(13-18-14(2)3)12-15-8-5-6-9-17(15)19/h5-6,8-9,12,14,18H,4,7,10-11,13H2,1-3H3. The second-order valence-corrected chi connectivity index (χ2v) is 5.43. The second kappa shape index (κ2) is 7.46. The number of aromatic nitrogens is 1. The molecule has 0 amide bonds. The molecule has 0 spiro atoms. The largest absolute Gasteiger partial charge is 0.382 e. The predicted molar refractivity (Wildman–Crippen MR) is 85.0 cm³/mol. The summed E-state index contributed by atoms with van der Waals surface area (Å²) in [6, 6.07) is 11.4. The van der Waals surface area contributed by atoms with Crippen molar-refractivity contribution in [1.82, 2.24) is 9.88 Å². The van der Waals surface area contributed by atoms with Gasteiger partial charge in [-0.15, -0.1) is 0 Å². The lowest BCUT2D eigenvalue weighted by atomic mass is 10.2. The van der Waals surface area contributed by atoms with Crippen molar-refractivity contribution in [2.24, 2.45) is 0 Å². The third-order valence-corrected chi connectivity index (χ3v) is 3.46. The van der Waals surface area contributed by atoms with Crippen LogP contribution >= 0.6 is 0 Å². The van der Waals surface area contributed by atoms with Crippen molar-refractivity contribution in [2.45, 2.75) is 46.3 Å². The van der Waals surface area contributed by atoms with Crippen LogP contribution in [0.3, 0.4) is 0 Å². The molecule has 0 aliphatic heterocycles. The summed E-state index contributed by atoms with van der Waals surface area (Å²) in [4.78, 5) is 0. The molecular weight excluding hydrogens is 248 g/mol.